The van der Waals surface area contributed by atoms with Crippen molar-refractivity contribution in [2.75, 3.05) is 44.4 Å². The van der Waals surface area contributed by atoms with E-state index < -0.39 is 184 Å². The fourth-order valence-electron chi connectivity index (χ4n) is 14.0. The molecule has 690 valence electrons. The molecule has 0 aliphatic carbocycles. The molecule has 0 spiro atoms. The van der Waals surface area contributed by atoms with Crippen LogP contribution in [0, 0.1) is 48.8 Å². The lowest BCUT2D eigenvalue weighted by molar-refractivity contribution is -0.143. The molecule has 0 aliphatic rings. The maximum Gasteiger partial charge on any atom is 0.408 e. The van der Waals surface area contributed by atoms with Gasteiger partial charge in [0.05, 0.1) is 51.3 Å². The maximum absolute atomic E-state index is 14.9. The molecule has 0 saturated carbocycles. The highest BCUT2D eigenvalue weighted by molar-refractivity contribution is 6.00. The number of pyridine rings is 5. The first-order valence-corrected chi connectivity index (χ1v) is 39.2. The number of halogens is 15. The minimum atomic E-state index is -4.68. The number of aryl methyl sites for hydroxylation is 4. The van der Waals surface area contributed by atoms with Crippen molar-refractivity contribution in [2.45, 2.75) is 128 Å². The number of aromatic nitrogens is 10. The largest absolute Gasteiger partial charge is 0.494 e. The molecule has 9 heterocycles. The van der Waals surface area contributed by atoms with Crippen LogP contribution in [0.4, 0.5) is 82.9 Å². The predicted molar refractivity (Wildman–Crippen MR) is 443 cm³/mol. The summed E-state index contributed by atoms with van der Waals surface area (Å²) >= 11 is 0. The Morgan fingerprint density at radius 1 is 0.415 bits per heavy atom. The monoisotopic (exact) mass is 1830 g/mol. The third kappa shape index (κ3) is 21.7. The minimum absolute atomic E-state index is 0.176. The predicted octanol–water partition coefficient (Wildman–Crippen LogP) is 12.8. The normalized spacial score (nSPS) is 13.0. The second kappa shape index (κ2) is 40.6. The first-order chi connectivity index (χ1) is 61.3. The molecule has 0 unspecified atom stereocenters. The van der Waals surface area contributed by atoms with Gasteiger partial charge in [0.2, 0.25) is 0 Å². The Morgan fingerprint density at radius 2 is 0.738 bits per heavy atom. The number of carbonyl (C=O) groups is 6. The summed E-state index contributed by atoms with van der Waals surface area (Å²) in [6.45, 7) is 7.32. The smallest absolute Gasteiger partial charge is 0.408 e. The van der Waals surface area contributed by atoms with Crippen molar-refractivity contribution in [1.29, 1.82) is 0 Å². The van der Waals surface area contributed by atoms with Gasteiger partial charge in [-0.25, -0.2) is 60.4 Å². The third-order valence-electron chi connectivity index (χ3n) is 20.9. The highest BCUT2D eigenvalue weighted by Crippen LogP contribution is 2.35. The molecule has 12 rings (SSSR count). The van der Waals surface area contributed by atoms with Crippen LogP contribution in [0.15, 0.2) is 155 Å². The SMILES string of the molecule is CC[C@@H](Nc1cc(F)c(C(=O)N[C@@H](Cc2ccc(-c3c(C)ccn(C)c3=O)c3nccn23)C(=O)OC)c(F)c1)C(F)(F)F.CC[C@@H](Nc1cc(F)c(C(=O)N[C@@H](Cc2ccc(-c3c(OC)cnn(C)c3=O)c3nccn23)C(=O)OC)c(F)c1)C(F)(F)F.CC[C@@H](Nc1cc(F)c(C(=O)N[C@@H](Cc2ccc(-c3ccc(C)n(C)c3=O)c3nccn23)C(=O)OC)c(F)c1)C(F)(F)F. The summed E-state index contributed by atoms with van der Waals surface area (Å²) in [6, 6.07) is 7.77. The average molecular weight is 1830 g/mol. The van der Waals surface area contributed by atoms with Crippen molar-refractivity contribution >= 4 is 69.6 Å². The van der Waals surface area contributed by atoms with Crippen LogP contribution >= 0.6 is 0 Å². The van der Waals surface area contributed by atoms with Crippen LogP contribution in [0.3, 0.4) is 0 Å². The fraction of sp³-hybridized carbons (Fsp3) is 0.314. The standard InChI is InChI=1S/2C29H28F5N5O4.C28H27F5N6O5/c1-5-23(29(32,33)34)36-16-12-20(30)24(21(31)13-16)26(40)37-22(28(42)43-4)14-17-7-9-18(25-35-10-11-39(17)25)19-8-6-15(2)38(3)27(19)41;1-5-22(29(32,33)34)36-16-12-19(30)24(20(31)13-16)26(40)37-21(28(42)43-4)14-17-6-7-18(25-35-9-11-39(17)25)23-15(2)8-10-38(3)27(23)41;1-5-21(28(31,32)33)36-14-10-17(29)23(18(30)11-14)25(40)37-19(27(42)44-4)12-15-6-7-16(24-34-8-9-39(15)24)22-20(43-3)13-35-38(2)26(22)41/h6-13,22-23,36H,5,14H2,1-4H3,(H,37,40);6-13,21-22,36H,5,14H2,1-4H3,(H,37,40);6-11,13,19,21,36H,5,12H2,1-4H3,(H,37,40)/t22-,23+;21-,22+;19-,21+/m000/s1. The van der Waals surface area contributed by atoms with Crippen molar-refractivity contribution in [3.05, 3.63) is 252 Å². The van der Waals surface area contributed by atoms with Crippen molar-refractivity contribution in [1.82, 2.24) is 63.0 Å². The van der Waals surface area contributed by atoms with Gasteiger partial charge in [0.1, 0.15) is 105 Å². The number of carbonyl (C=O) groups excluding carboxylic acids is 6. The molecule has 0 aliphatic heterocycles. The van der Waals surface area contributed by atoms with E-state index >= 15 is 0 Å². The maximum atomic E-state index is 14.9. The lowest BCUT2D eigenvalue weighted by atomic mass is 10.0. The Kier molecular flexibility index (Phi) is 30.5. The van der Waals surface area contributed by atoms with Crippen LogP contribution in [0.2, 0.25) is 0 Å². The number of amides is 3. The highest BCUT2D eigenvalue weighted by atomic mass is 19.4. The number of alkyl halides is 9. The number of imidazole rings is 3. The molecule has 9 aromatic heterocycles. The first-order valence-electron chi connectivity index (χ1n) is 39.2. The van der Waals surface area contributed by atoms with E-state index in [-0.39, 0.29) is 41.7 Å². The van der Waals surface area contributed by atoms with E-state index in [0.29, 0.717) is 104 Å². The van der Waals surface area contributed by atoms with Gasteiger partial charge in [0.25, 0.3) is 34.4 Å². The number of anilines is 3. The number of ether oxygens (including phenoxy) is 4. The fourth-order valence-corrected chi connectivity index (χ4v) is 14.0. The van der Waals surface area contributed by atoms with Crippen LogP contribution < -0.4 is 53.3 Å². The van der Waals surface area contributed by atoms with Gasteiger partial charge in [-0.05, 0) is 130 Å². The Balaban J connectivity index is 0.000000203. The van der Waals surface area contributed by atoms with Gasteiger partial charge in [-0.3, -0.25) is 28.8 Å². The average Bonchev–Trinajstić information content (AvgIpc) is 1.51. The number of hydrogen-bond acceptors (Lipinski definition) is 20. The first kappa shape index (κ1) is 97.7. The molecule has 44 heteroatoms. The third-order valence-corrected chi connectivity index (χ3v) is 20.9. The van der Waals surface area contributed by atoms with E-state index in [0.717, 1.165) is 31.7 Å². The van der Waals surface area contributed by atoms with Gasteiger partial charge in [0, 0.05) is 140 Å². The van der Waals surface area contributed by atoms with Crippen LogP contribution in [0.5, 0.6) is 5.75 Å². The summed E-state index contributed by atoms with van der Waals surface area (Å²) in [5.41, 5.74) is 0.467. The highest BCUT2D eigenvalue weighted by Gasteiger charge is 2.42. The molecule has 0 fully saturated rings. The van der Waals surface area contributed by atoms with Crippen LogP contribution in [-0.2, 0) is 69.0 Å². The van der Waals surface area contributed by atoms with Gasteiger partial charge in [-0.2, -0.15) is 44.6 Å². The van der Waals surface area contributed by atoms with E-state index in [1.165, 1.54) is 75.0 Å². The summed E-state index contributed by atoms with van der Waals surface area (Å²) in [4.78, 5) is 128. The van der Waals surface area contributed by atoms with Crippen molar-refractivity contribution in [3.8, 4) is 39.1 Å². The summed E-state index contributed by atoms with van der Waals surface area (Å²) in [5.74, 6) is -15.2. The lowest BCUT2D eigenvalue weighted by Crippen LogP contribution is -2.44. The molecule has 12 aromatic rings. The number of rotatable bonds is 28. The van der Waals surface area contributed by atoms with Gasteiger partial charge >= 0.3 is 36.4 Å². The zero-order chi connectivity index (χ0) is 95.6. The summed E-state index contributed by atoms with van der Waals surface area (Å²) < 4.78 is 236. The number of methoxy groups -OCH3 is 4. The molecule has 130 heavy (non-hydrogen) atoms. The van der Waals surface area contributed by atoms with Gasteiger partial charge in [-0.15, -0.1) is 0 Å². The number of nitrogens with one attached hydrogen (secondary N) is 6. The topological polar surface area (TPSA) is 342 Å². The molecule has 0 saturated heterocycles. The lowest BCUT2D eigenvalue weighted by Gasteiger charge is -2.22. The quantitative estimate of drug-likeness (QED) is 0.0151. The van der Waals surface area contributed by atoms with E-state index in [9.17, 15) is 109 Å². The van der Waals surface area contributed by atoms with Crippen LogP contribution in [0.1, 0.15) is 99.4 Å². The molecule has 3 amide bonds. The Morgan fingerprint density at radius 3 is 1.06 bits per heavy atom. The molecule has 6 atom stereocenters. The Bertz CT molecular complexity index is 6410. The van der Waals surface area contributed by atoms with Crippen molar-refractivity contribution in [2.24, 2.45) is 21.1 Å². The van der Waals surface area contributed by atoms with E-state index in [2.05, 4.69) is 36.0 Å². The molecule has 0 bridgehead atoms. The minimum Gasteiger partial charge on any atom is -0.494 e. The molecular formula is C86H83F15N16O13. The Hall–Kier alpha value is -14.5. The second-order valence-electron chi connectivity index (χ2n) is 29.3. The van der Waals surface area contributed by atoms with E-state index in [4.69, 9.17) is 18.9 Å². The molecular weight excluding hydrogens is 1750 g/mol. The zero-order valence-corrected chi connectivity index (χ0v) is 70.9. The number of hydrogen-bond donors (Lipinski definition) is 6. The second-order valence-corrected chi connectivity index (χ2v) is 29.3. The number of fused-ring (bicyclic) bond motifs is 3. The number of benzene rings is 3. The number of esters is 3. The van der Waals surface area contributed by atoms with E-state index in [1.807, 2.05) is 16.0 Å². The van der Waals surface area contributed by atoms with E-state index in [1.54, 1.807) is 114 Å². The van der Waals surface area contributed by atoms with Crippen molar-refractivity contribution < 1.29 is 114 Å². The summed E-state index contributed by atoms with van der Waals surface area (Å²) in [5, 5.41) is 16.7. The molecule has 6 N–H and O–H groups in total. The van der Waals surface area contributed by atoms with Gasteiger partial charge in [0.15, 0.2) is 5.75 Å². The van der Waals surface area contributed by atoms with Crippen LogP contribution in [0.25, 0.3) is 50.3 Å². The molecule has 3 aromatic carbocycles. The molecule has 0 radical (unpaired) electrons. The van der Waals surface area contributed by atoms with Crippen LogP contribution in [-0.4, -0.2) is 166 Å². The number of nitrogens with zero attached hydrogens (tertiary/aromatic N) is 10. The summed E-state index contributed by atoms with van der Waals surface area (Å²) in [6.07, 6.45) is -3.75. The molecule has 29 nitrogen and oxygen atoms in total. The van der Waals surface area contributed by atoms with Gasteiger partial charge < -0.3 is 73.2 Å². The zero-order valence-electron chi connectivity index (χ0n) is 70.9. The van der Waals surface area contributed by atoms with Gasteiger partial charge in [-0.1, -0.05) is 20.8 Å². The summed E-state index contributed by atoms with van der Waals surface area (Å²) in [7, 11) is 9.28. The Labute approximate surface area is 727 Å². The van der Waals surface area contributed by atoms with Crippen molar-refractivity contribution in [3.63, 3.8) is 0 Å².